The van der Waals surface area contributed by atoms with Crippen LogP contribution in [0.5, 0.6) is 0 Å². The number of sulfonamides is 1. The minimum atomic E-state index is -3.68. The van der Waals surface area contributed by atoms with Crippen molar-refractivity contribution in [2.24, 2.45) is 0 Å². The number of hydrogen-bond donors (Lipinski definition) is 2. The fraction of sp³-hybridized carbons (Fsp3) is 0.438. The Bertz CT molecular complexity index is 759. The molecule has 0 saturated carbocycles. The van der Waals surface area contributed by atoms with Gasteiger partial charge in [0.25, 0.3) is 5.91 Å². The highest BCUT2D eigenvalue weighted by atomic mass is 32.2. The van der Waals surface area contributed by atoms with Crippen LogP contribution in [0.1, 0.15) is 37.6 Å². The Morgan fingerprint density at radius 3 is 2.19 bits per heavy atom. The number of rotatable bonds is 7. The lowest BCUT2D eigenvalue weighted by Gasteiger charge is -2.13. The fourth-order valence-corrected chi connectivity index (χ4v) is 3.05. The molecule has 2 N–H and O–H groups in total. The molecule has 2 amide bonds. The molecule has 2 atom stereocenters. The third-order valence-electron chi connectivity index (χ3n) is 3.43. The van der Waals surface area contributed by atoms with Crippen LogP contribution in [0.2, 0.25) is 0 Å². The van der Waals surface area contributed by atoms with Crippen molar-refractivity contribution in [3.8, 4) is 0 Å². The van der Waals surface area contributed by atoms with E-state index in [0.717, 1.165) is 7.11 Å². The SMILES string of the molecule is CC[C@H](C)NS(=O)(=O)c1ccc(C(=O)O[C@H](C)C(=O)NC(=O)OC)cc1. The summed E-state index contributed by atoms with van der Waals surface area (Å²) >= 11 is 0. The Labute approximate surface area is 152 Å². The van der Waals surface area contributed by atoms with Gasteiger partial charge in [0.2, 0.25) is 10.0 Å². The molecule has 0 aliphatic heterocycles. The molecule has 1 aromatic carbocycles. The van der Waals surface area contributed by atoms with E-state index in [-0.39, 0.29) is 16.5 Å². The van der Waals surface area contributed by atoms with Gasteiger partial charge in [-0.1, -0.05) is 6.92 Å². The first-order valence-corrected chi connectivity index (χ1v) is 9.31. The third-order valence-corrected chi connectivity index (χ3v) is 5.04. The second-order valence-electron chi connectivity index (χ2n) is 5.48. The first kappa shape index (κ1) is 21.6. The molecule has 26 heavy (non-hydrogen) atoms. The van der Waals surface area contributed by atoms with Crippen molar-refractivity contribution in [2.75, 3.05) is 7.11 Å². The van der Waals surface area contributed by atoms with Crippen molar-refractivity contribution in [2.45, 2.75) is 44.2 Å². The van der Waals surface area contributed by atoms with Gasteiger partial charge in [-0.3, -0.25) is 10.1 Å². The Morgan fingerprint density at radius 2 is 1.69 bits per heavy atom. The first-order chi connectivity index (χ1) is 12.1. The van der Waals surface area contributed by atoms with Crippen LogP contribution in [-0.2, 0) is 24.3 Å². The molecule has 1 rings (SSSR count). The highest BCUT2D eigenvalue weighted by molar-refractivity contribution is 7.89. The van der Waals surface area contributed by atoms with Crippen molar-refractivity contribution < 1.29 is 32.3 Å². The van der Waals surface area contributed by atoms with Crippen molar-refractivity contribution in [1.29, 1.82) is 0 Å². The lowest BCUT2D eigenvalue weighted by Crippen LogP contribution is -2.39. The van der Waals surface area contributed by atoms with Gasteiger partial charge in [0.15, 0.2) is 6.10 Å². The fourth-order valence-electron chi connectivity index (χ4n) is 1.72. The number of imide groups is 1. The van der Waals surface area contributed by atoms with Gasteiger partial charge in [-0.15, -0.1) is 0 Å². The average molecular weight is 386 g/mol. The zero-order valence-electron chi connectivity index (χ0n) is 14.9. The highest BCUT2D eigenvalue weighted by Crippen LogP contribution is 2.13. The smallest absolute Gasteiger partial charge is 0.413 e. The van der Waals surface area contributed by atoms with E-state index in [4.69, 9.17) is 4.74 Å². The van der Waals surface area contributed by atoms with Gasteiger partial charge in [-0.2, -0.15) is 0 Å². The van der Waals surface area contributed by atoms with Gasteiger partial charge in [0.1, 0.15) is 0 Å². The van der Waals surface area contributed by atoms with Gasteiger partial charge in [-0.25, -0.2) is 22.7 Å². The largest absolute Gasteiger partial charge is 0.453 e. The zero-order valence-corrected chi connectivity index (χ0v) is 15.8. The molecule has 9 nitrogen and oxygen atoms in total. The topological polar surface area (TPSA) is 128 Å². The molecule has 0 saturated heterocycles. The van der Waals surface area contributed by atoms with Crippen LogP contribution in [0, 0.1) is 0 Å². The van der Waals surface area contributed by atoms with E-state index in [1.165, 1.54) is 31.2 Å². The van der Waals surface area contributed by atoms with Crippen molar-refractivity contribution >= 4 is 28.0 Å². The molecule has 144 valence electrons. The van der Waals surface area contributed by atoms with E-state index in [9.17, 15) is 22.8 Å². The number of hydrogen-bond acceptors (Lipinski definition) is 7. The number of amides is 2. The second-order valence-corrected chi connectivity index (χ2v) is 7.20. The van der Waals surface area contributed by atoms with Crippen LogP contribution in [0.3, 0.4) is 0 Å². The Hall–Kier alpha value is -2.46. The maximum atomic E-state index is 12.2. The normalized spacial score (nSPS) is 13.4. The van der Waals surface area contributed by atoms with Crippen molar-refractivity contribution in [1.82, 2.24) is 10.0 Å². The predicted molar refractivity (Wildman–Crippen MR) is 91.9 cm³/mol. The van der Waals surface area contributed by atoms with Crippen LogP contribution < -0.4 is 10.0 Å². The average Bonchev–Trinajstić information content (AvgIpc) is 2.60. The number of benzene rings is 1. The number of esters is 1. The van der Waals surface area contributed by atoms with Crippen LogP contribution >= 0.6 is 0 Å². The zero-order chi connectivity index (χ0) is 19.9. The molecule has 0 spiro atoms. The standard InChI is InChI=1S/C16H22N2O7S/c1-5-10(2)18-26(22,23)13-8-6-12(7-9-13)15(20)25-11(3)14(19)17-16(21)24-4/h6-11,18H,5H2,1-4H3,(H,17,19,21)/t10-,11+/m0/s1. The molecule has 0 aliphatic rings. The number of carbonyl (C=O) groups excluding carboxylic acids is 3. The lowest BCUT2D eigenvalue weighted by molar-refractivity contribution is -0.128. The number of nitrogens with one attached hydrogen (secondary N) is 2. The predicted octanol–water partition coefficient (Wildman–Crippen LogP) is 1.19. The summed E-state index contributed by atoms with van der Waals surface area (Å²) < 4.78 is 36.0. The Kier molecular flexibility index (Phi) is 7.72. The van der Waals surface area contributed by atoms with Crippen LogP contribution in [0.4, 0.5) is 4.79 Å². The minimum Gasteiger partial charge on any atom is -0.453 e. The van der Waals surface area contributed by atoms with Crippen molar-refractivity contribution in [3.05, 3.63) is 29.8 Å². The molecule has 0 heterocycles. The maximum absolute atomic E-state index is 12.2. The Balaban J connectivity index is 2.77. The molecule has 0 radical (unpaired) electrons. The van der Waals surface area contributed by atoms with Gasteiger partial charge < -0.3 is 9.47 Å². The van der Waals surface area contributed by atoms with E-state index >= 15 is 0 Å². The summed E-state index contributed by atoms with van der Waals surface area (Å²) in [5.41, 5.74) is 0.0604. The van der Waals surface area contributed by atoms with E-state index < -0.39 is 34.1 Å². The van der Waals surface area contributed by atoms with Gasteiger partial charge in [-0.05, 0) is 44.5 Å². The van der Waals surface area contributed by atoms with Gasteiger partial charge in [0, 0.05) is 6.04 Å². The first-order valence-electron chi connectivity index (χ1n) is 7.82. The molecular formula is C16H22N2O7S. The number of carbonyl (C=O) groups is 3. The minimum absolute atomic E-state index is 0.00540. The summed E-state index contributed by atoms with van der Waals surface area (Å²) in [5.74, 6) is -1.68. The van der Waals surface area contributed by atoms with E-state index in [1.54, 1.807) is 6.92 Å². The number of ether oxygens (including phenoxy) is 2. The molecule has 0 unspecified atom stereocenters. The second kappa shape index (κ2) is 9.30. The molecule has 0 aromatic heterocycles. The molecule has 0 aliphatic carbocycles. The van der Waals surface area contributed by atoms with Gasteiger partial charge >= 0.3 is 12.1 Å². The maximum Gasteiger partial charge on any atom is 0.413 e. The summed E-state index contributed by atoms with van der Waals surface area (Å²) in [5, 5.41) is 1.87. The van der Waals surface area contributed by atoms with Crippen LogP contribution in [0.25, 0.3) is 0 Å². The number of methoxy groups -OCH3 is 1. The summed E-state index contributed by atoms with van der Waals surface area (Å²) in [6, 6.07) is 4.86. The summed E-state index contributed by atoms with van der Waals surface area (Å²) in [6.07, 6.45) is -1.58. The van der Waals surface area contributed by atoms with Crippen LogP contribution in [-0.4, -0.2) is 45.6 Å². The summed E-state index contributed by atoms with van der Waals surface area (Å²) in [7, 11) is -2.60. The van der Waals surface area contributed by atoms with E-state index in [2.05, 4.69) is 9.46 Å². The van der Waals surface area contributed by atoms with E-state index in [0.29, 0.717) is 6.42 Å². The molecule has 0 bridgehead atoms. The molecule has 1 aromatic rings. The van der Waals surface area contributed by atoms with Gasteiger partial charge in [0.05, 0.1) is 17.6 Å². The lowest BCUT2D eigenvalue weighted by atomic mass is 10.2. The number of alkyl carbamates (subject to hydrolysis) is 1. The monoisotopic (exact) mass is 386 g/mol. The summed E-state index contributed by atoms with van der Waals surface area (Å²) in [6.45, 7) is 4.87. The molecule has 0 fully saturated rings. The third kappa shape index (κ3) is 6.12. The molecule has 10 heteroatoms. The molecular weight excluding hydrogens is 364 g/mol. The highest BCUT2D eigenvalue weighted by Gasteiger charge is 2.22. The Morgan fingerprint density at radius 1 is 1.12 bits per heavy atom. The van der Waals surface area contributed by atoms with E-state index in [1.807, 2.05) is 12.2 Å². The summed E-state index contributed by atoms with van der Waals surface area (Å²) in [4.78, 5) is 34.6. The van der Waals surface area contributed by atoms with Crippen molar-refractivity contribution in [3.63, 3.8) is 0 Å². The quantitative estimate of drug-likeness (QED) is 0.674. The van der Waals surface area contributed by atoms with Crippen LogP contribution in [0.15, 0.2) is 29.2 Å².